The van der Waals surface area contributed by atoms with E-state index >= 15 is 0 Å². The molecule has 2 fully saturated rings. The van der Waals surface area contributed by atoms with E-state index in [0.717, 1.165) is 12.0 Å². The first kappa shape index (κ1) is 20.3. The molecular weight excluding hydrogens is 406 g/mol. The Labute approximate surface area is 179 Å². The minimum absolute atomic E-state index is 0.136. The first-order valence-corrected chi connectivity index (χ1v) is 10.2. The van der Waals surface area contributed by atoms with Crippen molar-refractivity contribution in [1.82, 2.24) is 20.1 Å². The van der Waals surface area contributed by atoms with Crippen LogP contribution >= 0.6 is 11.6 Å². The Morgan fingerprint density at radius 3 is 2.80 bits per heavy atom. The number of benzene rings is 1. The third kappa shape index (κ3) is 4.29. The number of pyridine rings is 1. The van der Waals surface area contributed by atoms with E-state index in [-0.39, 0.29) is 30.9 Å². The number of imide groups is 1. The van der Waals surface area contributed by atoms with Crippen molar-refractivity contribution in [1.29, 1.82) is 0 Å². The van der Waals surface area contributed by atoms with Gasteiger partial charge >= 0.3 is 6.03 Å². The summed E-state index contributed by atoms with van der Waals surface area (Å²) in [6.07, 6.45) is 4.74. The number of nitrogens with one attached hydrogen (secondary N) is 2. The first-order chi connectivity index (χ1) is 14.5. The highest BCUT2D eigenvalue weighted by atomic mass is 35.5. The molecule has 2 aliphatic heterocycles. The molecule has 2 unspecified atom stereocenters. The molecule has 4 rings (SSSR count). The molecule has 3 heterocycles. The van der Waals surface area contributed by atoms with Crippen molar-refractivity contribution in [2.75, 3.05) is 18.4 Å². The summed E-state index contributed by atoms with van der Waals surface area (Å²) >= 11 is 5.97. The quantitative estimate of drug-likeness (QED) is 0.763. The van der Waals surface area contributed by atoms with Crippen molar-refractivity contribution in [2.24, 2.45) is 0 Å². The summed E-state index contributed by atoms with van der Waals surface area (Å²) < 4.78 is 0. The van der Waals surface area contributed by atoms with E-state index in [1.165, 1.54) is 9.80 Å². The Balaban J connectivity index is 1.54. The van der Waals surface area contributed by atoms with Gasteiger partial charge in [0.2, 0.25) is 11.8 Å². The number of hydrogen-bond donors (Lipinski definition) is 2. The van der Waals surface area contributed by atoms with Gasteiger partial charge in [0.15, 0.2) is 0 Å². The lowest BCUT2D eigenvalue weighted by Gasteiger charge is -2.46. The highest BCUT2D eigenvalue weighted by Gasteiger charge is 2.47. The molecule has 2 aromatic rings. The number of urea groups is 1. The molecule has 8 nitrogen and oxygen atoms in total. The standard InChI is InChI=1S/C21H22ClN5O3/c22-15-3-1-4-16(11-15)25-18(28)13-26-17-5-2-8-24-19(17)20(29)27(21(26)30)12-14-6-9-23-10-7-14/h1,3-4,6-7,9-11,17,19,24H,2,5,8,12-13H2,(H,25,28). The van der Waals surface area contributed by atoms with Gasteiger partial charge in [0.25, 0.3) is 0 Å². The van der Waals surface area contributed by atoms with Crippen molar-refractivity contribution in [3.05, 3.63) is 59.4 Å². The molecule has 2 N–H and O–H groups in total. The molecule has 0 spiro atoms. The van der Waals surface area contributed by atoms with E-state index < -0.39 is 12.1 Å². The summed E-state index contributed by atoms with van der Waals surface area (Å²) in [6, 6.07) is 9.02. The van der Waals surface area contributed by atoms with Gasteiger partial charge in [-0.2, -0.15) is 0 Å². The second-order valence-corrected chi connectivity index (χ2v) is 7.83. The van der Waals surface area contributed by atoms with Gasteiger partial charge in [0.1, 0.15) is 12.6 Å². The number of nitrogens with zero attached hydrogens (tertiary/aromatic N) is 3. The van der Waals surface area contributed by atoms with Crippen LogP contribution in [0.5, 0.6) is 0 Å². The van der Waals surface area contributed by atoms with Crippen LogP contribution in [0.3, 0.4) is 0 Å². The fraction of sp³-hybridized carbons (Fsp3) is 0.333. The smallest absolute Gasteiger partial charge is 0.324 e. The van der Waals surface area contributed by atoms with E-state index in [1.807, 2.05) is 0 Å². The van der Waals surface area contributed by atoms with Crippen LogP contribution in [0.1, 0.15) is 18.4 Å². The topological polar surface area (TPSA) is 94.6 Å². The summed E-state index contributed by atoms with van der Waals surface area (Å²) in [7, 11) is 0. The molecule has 4 amide bonds. The average molecular weight is 428 g/mol. The normalized spacial score (nSPS) is 21.4. The molecule has 2 saturated heterocycles. The van der Waals surface area contributed by atoms with Gasteiger partial charge in [-0.3, -0.25) is 19.5 Å². The van der Waals surface area contributed by atoms with Gasteiger partial charge < -0.3 is 15.5 Å². The fourth-order valence-electron chi connectivity index (χ4n) is 3.94. The van der Waals surface area contributed by atoms with Crippen LogP contribution in [0.2, 0.25) is 5.02 Å². The van der Waals surface area contributed by atoms with Gasteiger partial charge in [0.05, 0.1) is 12.6 Å². The zero-order valence-electron chi connectivity index (χ0n) is 16.3. The van der Waals surface area contributed by atoms with Crippen LogP contribution < -0.4 is 10.6 Å². The number of aromatic nitrogens is 1. The largest absolute Gasteiger partial charge is 0.327 e. The molecule has 0 saturated carbocycles. The van der Waals surface area contributed by atoms with E-state index in [4.69, 9.17) is 11.6 Å². The SMILES string of the molecule is O=C(CN1C(=O)N(Cc2ccncc2)C(=O)C2NCCCC21)Nc1cccc(Cl)c1. The lowest BCUT2D eigenvalue weighted by atomic mass is 9.93. The van der Waals surface area contributed by atoms with Crippen molar-refractivity contribution in [3.63, 3.8) is 0 Å². The maximum Gasteiger partial charge on any atom is 0.327 e. The van der Waals surface area contributed by atoms with Crippen LogP contribution in [0.25, 0.3) is 0 Å². The number of fused-ring (bicyclic) bond motifs is 1. The van der Waals surface area contributed by atoms with E-state index in [9.17, 15) is 14.4 Å². The molecular formula is C21H22ClN5O3. The number of halogens is 1. The number of rotatable bonds is 5. The number of carbonyl (C=O) groups excluding carboxylic acids is 3. The van der Waals surface area contributed by atoms with E-state index in [2.05, 4.69) is 15.6 Å². The maximum absolute atomic E-state index is 13.2. The molecule has 1 aromatic carbocycles. The van der Waals surface area contributed by atoms with Crippen molar-refractivity contribution in [3.8, 4) is 0 Å². The third-order valence-corrected chi connectivity index (χ3v) is 5.58. The first-order valence-electron chi connectivity index (χ1n) is 9.82. The zero-order valence-corrected chi connectivity index (χ0v) is 17.0. The zero-order chi connectivity index (χ0) is 21.1. The molecule has 0 aliphatic carbocycles. The summed E-state index contributed by atoms with van der Waals surface area (Å²) in [4.78, 5) is 45.6. The highest BCUT2D eigenvalue weighted by molar-refractivity contribution is 6.30. The average Bonchev–Trinajstić information content (AvgIpc) is 2.75. The van der Waals surface area contributed by atoms with Crippen molar-refractivity contribution in [2.45, 2.75) is 31.5 Å². The lowest BCUT2D eigenvalue weighted by molar-refractivity contribution is -0.138. The van der Waals surface area contributed by atoms with Gasteiger partial charge in [0, 0.05) is 23.1 Å². The Kier molecular flexibility index (Phi) is 5.96. The molecule has 2 aliphatic rings. The molecule has 1 aromatic heterocycles. The van der Waals surface area contributed by atoms with Crippen LogP contribution in [0.4, 0.5) is 10.5 Å². The van der Waals surface area contributed by atoms with Crippen molar-refractivity contribution < 1.29 is 14.4 Å². The Morgan fingerprint density at radius 2 is 2.03 bits per heavy atom. The predicted octanol–water partition coefficient (Wildman–Crippen LogP) is 2.26. The second-order valence-electron chi connectivity index (χ2n) is 7.39. The van der Waals surface area contributed by atoms with E-state index in [1.54, 1.807) is 48.8 Å². The summed E-state index contributed by atoms with van der Waals surface area (Å²) in [5.41, 5.74) is 1.35. The lowest BCUT2D eigenvalue weighted by Crippen LogP contribution is -2.70. The third-order valence-electron chi connectivity index (χ3n) is 5.35. The summed E-state index contributed by atoms with van der Waals surface area (Å²) in [5, 5.41) is 6.50. The maximum atomic E-state index is 13.2. The second kappa shape index (κ2) is 8.81. The number of carbonyl (C=O) groups is 3. The summed E-state index contributed by atoms with van der Waals surface area (Å²) in [5.74, 6) is -0.596. The van der Waals surface area contributed by atoms with Crippen LogP contribution in [0, 0.1) is 0 Å². The predicted molar refractivity (Wildman–Crippen MR) is 112 cm³/mol. The monoisotopic (exact) mass is 427 g/mol. The minimum Gasteiger partial charge on any atom is -0.324 e. The molecule has 0 radical (unpaired) electrons. The molecule has 9 heteroatoms. The molecule has 2 atom stereocenters. The number of amides is 4. The Morgan fingerprint density at radius 1 is 1.23 bits per heavy atom. The minimum atomic E-state index is -0.516. The molecule has 0 bridgehead atoms. The number of piperidine rings is 1. The van der Waals surface area contributed by atoms with Crippen LogP contribution in [-0.4, -0.2) is 57.8 Å². The Bertz CT molecular complexity index is 955. The van der Waals surface area contributed by atoms with Gasteiger partial charge in [-0.05, 0) is 55.3 Å². The highest BCUT2D eigenvalue weighted by Crippen LogP contribution is 2.26. The van der Waals surface area contributed by atoms with Gasteiger partial charge in [-0.15, -0.1) is 0 Å². The summed E-state index contributed by atoms with van der Waals surface area (Å²) in [6.45, 7) is 0.693. The van der Waals surface area contributed by atoms with Gasteiger partial charge in [-0.1, -0.05) is 17.7 Å². The van der Waals surface area contributed by atoms with Crippen molar-refractivity contribution >= 4 is 35.1 Å². The number of hydrogen-bond acceptors (Lipinski definition) is 5. The van der Waals surface area contributed by atoms with Gasteiger partial charge in [-0.25, -0.2) is 4.79 Å². The molecule has 156 valence electrons. The molecule has 30 heavy (non-hydrogen) atoms. The van der Waals surface area contributed by atoms with Crippen LogP contribution in [0.15, 0.2) is 48.8 Å². The Hall–Kier alpha value is -2.97. The van der Waals surface area contributed by atoms with E-state index in [0.29, 0.717) is 23.7 Å². The van der Waals surface area contributed by atoms with Crippen LogP contribution in [-0.2, 0) is 16.1 Å². The number of anilines is 1. The fourth-order valence-corrected chi connectivity index (χ4v) is 4.13.